The van der Waals surface area contributed by atoms with Crippen molar-refractivity contribution >= 4 is 35.8 Å². The van der Waals surface area contributed by atoms with E-state index in [1.165, 1.54) is 0 Å². The SMILES string of the molecule is O=C(O)CC(O)(CC(=O)O)C(=O)O.O=C([O-])CC(O)(CC(=O)[O-])C(=O)[O-].[Cu]. The van der Waals surface area contributed by atoms with Crippen LogP contribution in [0.25, 0.3) is 0 Å². The van der Waals surface area contributed by atoms with Crippen LogP contribution in [0.2, 0.25) is 0 Å². The van der Waals surface area contributed by atoms with Gasteiger partial charge in [0.2, 0.25) is 0 Å². The summed E-state index contributed by atoms with van der Waals surface area (Å²) in [5.41, 5.74) is -5.71. The van der Waals surface area contributed by atoms with Crippen molar-refractivity contribution in [1.82, 2.24) is 0 Å². The minimum absolute atomic E-state index is 0. The molecule has 5 N–H and O–H groups in total. The minimum atomic E-state index is -2.97. The second-order valence-corrected chi connectivity index (χ2v) is 4.89. The van der Waals surface area contributed by atoms with Crippen LogP contribution in [0.5, 0.6) is 0 Å². The predicted molar refractivity (Wildman–Crippen MR) is 66.3 cm³/mol. The summed E-state index contributed by atoms with van der Waals surface area (Å²) >= 11 is 0. The molecule has 0 aromatic rings. The van der Waals surface area contributed by atoms with E-state index in [1.807, 2.05) is 0 Å². The van der Waals surface area contributed by atoms with Crippen LogP contribution in [-0.4, -0.2) is 72.6 Å². The Kier molecular flexibility index (Phi) is 12.7. The summed E-state index contributed by atoms with van der Waals surface area (Å²) in [5.74, 6) is -11.0. The first-order valence-electron chi connectivity index (χ1n) is 6.28. The molecule has 0 aromatic heterocycles. The molecule has 0 heterocycles. The van der Waals surface area contributed by atoms with Crippen molar-refractivity contribution < 1.29 is 86.7 Å². The summed E-state index contributed by atoms with van der Waals surface area (Å²) in [6.45, 7) is 0. The zero-order chi connectivity index (χ0) is 21.3. The van der Waals surface area contributed by atoms with Crippen LogP contribution < -0.4 is 15.3 Å². The van der Waals surface area contributed by atoms with Crippen molar-refractivity contribution in [3.8, 4) is 0 Å². The molecule has 0 rings (SSSR count). The first kappa shape index (κ1) is 29.0. The quantitative estimate of drug-likeness (QED) is 0.196. The number of hydrogen-bond acceptors (Lipinski definition) is 11. The topological polar surface area (TPSA) is 273 Å². The summed E-state index contributed by atoms with van der Waals surface area (Å²) in [4.78, 5) is 60.5. The number of rotatable bonds is 10. The third-order valence-electron chi connectivity index (χ3n) is 2.54. The van der Waals surface area contributed by atoms with Gasteiger partial charge < -0.3 is 55.2 Å². The molecule has 1 radical (unpaired) electrons. The third kappa shape index (κ3) is 12.3. The molecular formula is C12H13CuO14-3. The summed E-state index contributed by atoms with van der Waals surface area (Å²) < 4.78 is 0. The molecule has 15 heteroatoms. The number of aliphatic carboxylic acids is 6. The van der Waals surface area contributed by atoms with Crippen molar-refractivity contribution in [2.45, 2.75) is 36.9 Å². The van der Waals surface area contributed by atoms with Gasteiger partial charge in [-0.15, -0.1) is 0 Å². The van der Waals surface area contributed by atoms with Crippen LogP contribution >= 0.6 is 0 Å². The smallest absolute Gasteiger partial charge is 0.336 e. The van der Waals surface area contributed by atoms with Gasteiger partial charge in [0.1, 0.15) is 5.60 Å². The van der Waals surface area contributed by atoms with Crippen molar-refractivity contribution in [2.24, 2.45) is 0 Å². The molecule has 0 saturated heterocycles. The molecule has 0 aliphatic carbocycles. The van der Waals surface area contributed by atoms with Crippen LogP contribution in [0, 0.1) is 0 Å². The fourth-order valence-electron chi connectivity index (χ4n) is 1.40. The minimum Gasteiger partial charge on any atom is -0.550 e. The van der Waals surface area contributed by atoms with Crippen LogP contribution in [-0.2, 0) is 45.8 Å². The number of carbonyl (C=O) groups is 6. The molecule has 14 nitrogen and oxygen atoms in total. The average Bonchev–Trinajstić information content (AvgIpc) is 2.34. The number of aliphatic hydroxyl groups is 2. The van der Waals surface area contributed by atoms with Gasteiger partial charge >= 0.3 is 17.9 Å². The molecule has 0 bridgehead atoms. The van der Waals surface area contributed by atoms with Crippen LogP contribution in [0.15, 0.2) is 0 Å². The molecule has 0 unspecified atom stereocenters. The van der Waals surface area contributed by atoms with Crippen molar-refractivity contribution in [2.75, 3.05) is 0 Å². The van der Waals surface area contributed by atoms with Crippen molar-refractivity contribution in [1.29, 1.82) is 0 Å². The molecule has 0 amide bonds. The second kappa shape index (κ2) is 11.8. The first-order chi connectivity index (χ1) is 11.6. The molecule has 0 aliphatic rings. The Labute approximate surface area is 160 Å². The zero-order valence-electron chi connectivity index (χ0n) is 13.0. The molecule has 0 atom stereocenters. The first-order valence-corrected chi connectivity index (χ1v) is 6.28. The Bertz CT molecular complexity index is 513. The molecule has 0 aromatic carbocycles. The number of carbonyl (C=O) groups excluding carboxylic acids is 3. The average molecular weight is 445 g/mol. The maximum absolute atomic E-state index is 10.3. The molecule has 159 valence electrons. The van der Waals surface area contributed by atoms with Crippen LogP contribution in [0.3, 0.4) is 0 Å². The number of carboxylic acid groups (broad SMARTS) is 6. The van der Waals surface area contributed by atoms with E-state index in [0.29, 0.717) is 0 Å². The van der Waals surface area contributed by atoms with Gasteiger partial charge in [-0.1, -0.05) is 0 Å². The third-order valence-corrected chi connectivity index (χ3v) is 2.54. The molecule has 0 aliphatic heterocycles. The molecule has 0 saturated carbocycles. The van der Waals surface area contributed by atoms with Crippen molar-refractivity contribution in [3.63, 3.8) is 0 Å². The summed E-state index contributed by atoms with van der Waals surface area (Å²) in [5, 5.41) is 72.7. The van der Waals surface area contributed by atoms with E-state index in [1.54, 1.807) is 0 Å². The Balaban J connectivity index is -0.000000411. The van der Waals surface area contributed by atoms with Crippen molar-refractivity contribution in [3.05, 3.63) is 0 Å². The molecular weight excluding hydrogens is 432 g/mol. The maximum Gasteiger partial charge on any atom is 0.336 e. The van der Waals surface area contributed by atoms with E-state index in [2.05, 4.69) is 0 Å². The normalized spacial score (nSPS) is 10.4. The summed E-state index contributed by atoms with van der Waals surface area (Å²) in [6.07, 6.45) is -5.00. The molecule has 0 fully saturated rings. The Hall–Kier alpha value is -2.74. The molecule has 27 heavy (non-hydrogen) atoms. The van der Waals surface area contributed by atoms with E-state index in [9.17, 15) is 44.1 Å². The van der Waals surface area contributed by atoms with Gasteiger partial charge in [-0.05, 0) is 0 Å². The standard InChI is InChI=1S/2C6H8O7.Cu/c2*7-3(8)1-6(13,5(11)12)2-4(9)10;/h2*13H,1-2H2,(H,7,8)(H,9,10)(H,11,12);/p-3. The Morgan fingerprint density at radius 3 is 1.07 bits per heavy atom. The summed E-state index contributed by atoms with van der Waals surface area (Å²) in [7, 11) is 0. The number of hydrogen-bond donors (Lipinski definition) is 5. The summed E-state index contributed by atoms with van der Waals surface area (Å²) in [6, 6.07) is 0. The van der Waals surface area contributed by atoms with E-state index in [4.69, 9.17) is 25.5 Å². The van der Waals surface area contributed by atoms with Gasteiger partial charge in [-0.2, -0.15) is 0 Å². The van der Waals surface area contributed by atoms with E-state index in [-0.39, 0.29) is 17.1 Å². The van der Waals surface area contributed by atoms with E-state index >= 15 is 0 Å². The Morgan fingerprint density at radius 2 is 0.926 bits per heavy atom. The fourth-order valence-corrected chi connectivity index (χ4v) is 1.40. The largest absolute Gasteiger partial charge is 0.550 e. The predicted octanol–water partition coefficient (Wildman–Crippen LogP) is -6.50. The maximum atomic E-state index is 10.3. The van der Waals surface area contributed by atoms with Crippen LogP contribution in [0.1, 0.15) is 25.7 Å². The van der Waals surface area contributed by atoms with Gasteiger partial charge in [-0.25, -0.2) is 4.79 Å². The van der Waals surface area contributed by atoms with E-state index in [0.717, 1.165) is 0 Å². The zero-order valence-corrected chi connectivity index (χ0v) is 14.0. The Morgan fingerprint density at radius 1 is 0.630 bits per heavy atom. The van der Waals surface area contributed by atoms with Gasteiger partial charge in [0, 0.05) is 41.8 Å². The van der Waals surface area contributed by atoms with Gasteiger partial charge in [0.15, 0.2) is 5.60 Å². The van der Waals surface area contributed by atoms with Gasteiger partial charge in [-0.3, -0.25) is 9.59 Å². The second-order valence-electron chi connectivity index (χ2n) is 4.89. The fraction of sp³-hybridized carbons (Fsp3) is 0.500. The molecule has 0 spiro atoms. The van der Waals surface area contributed by atoms with Gasteiger partial charge in [0.05, 0.1) is 18.8 Å². The monoisotopic (exact) mass is 444 g/mol. The van der Waals surface area contributed by atoms with Crippen LogP contribution in [0.4, 0.5) is 0 Å². The number of carboxylic acids is 6. The van der Waals surface area contributed by atoms with E-state index < -0.39 is 72.7 Å². The van der Waals surface area contributed by atoms with Gasteiger partial charge in [0.25, 0.3) is 0 Å².